The Morgan fingerprint density at radius 1 is 0.586 bits per heavy atom. The fraction of sp³-hybridized carbons (Fsp3) is 0.333. The molecular formula is C24H28CuO4. The van der Waals surface area contributed by atoms with Gasteiger partial charge in [-0.1, -0.05) is 60.7 Å². The largest absolute Gasteiger partial charge is 0.300 e. The van der Waals surface area contributed by atoms with Crippen molar-refractivity contribution in [1.82, 2.24) is 0 Å². The quantitative estimate of drug-likeness (QED) is 0.404. The van der Waals surface area contributed by atoms with Crippen molar-refractivity contribution in [2.24, 2.45) is 0 Å². The third kappa shape index (κ3) is 14.3. The zero-order valence-electron chi connectivity index (χ0n) is 17.0. The van der Waals surface area contributed by atoms with E-state index in [0.717, 1.165) is 24.0 Å². The van der Waals surface area contributed by atoms with Gasteiger partial charge in [-0.25, -0.2) is 0 Å². The van der Waals surface area contributed by atoms with Gasteiger partial charge in [0.25, 0.3) is 0 Å². The Labute approximate surface area is 183 Å². The molecule has 0 unspecified atom stereocenters. The van der Waals surface area contributed by atoms with Crippen LogP contribution < -0.4 is 0 Å². The normalized spacial score (nSPS) is 9.45. The fourth-order valence-electron chi connectivity index (χ4n) is 2.59. The van der Waals surface area contributed by atoms with Gasteiger partial charge in [-0.3, -0.25) is 19.2 Å². The molecule has 0 aromatic heterocycles. The maximum Gasteiger partial charge on any atom is 0.140 e. The molecule has 0 bridgehead atoms. The van der Waals surface area contributed by atoms with Gasteiger partial charge in [0.1, 0.15) is 23.1 Å². The second-order valence-electron chi connectivity index (χ2n) is 6.81. The summed E-state index contributed by atoms with van der Waals surface area (Å²) in [5, 5.41) is 0. The number of ketones is 4. The SMILES string of the molecule is CC(=O)CC(=O)CCc1ccccc1.CC(=O)CC(=O)CCc1ccccc1.[Cu]. The molecule has 0 aliphatic rings. The average molecular weight is 444 g/mol. The van der Waals surface area contributed by atoms with E-state index >= 15 is 0 Å². The molecule has 0 atom stereocenters. The summed E-state index contributed by atoms with van der Waals surface area (Å²) in [5.74, 6) is -0.0474. The van der Waals surface area contributed by atoms with Crippen LogP contribution in [0.3, 0.4) is 0 Å². The predicted molar refractivity (Wildman–Crippen MR) is 110 cm³/mol. The first kappa shape index (κ1) is 26.6. The van der Waals surface area contributed by atoms with Crippen LogP contribution in [0.1, 0.15) is 50.7 Å². The molecule has 0 fully saturated rings. The second-order valence-corrected chi connectivity index (χ2v) is 6.81. The molecule has 29 heavy (non-hydrogen) atoms. The Balaban J connectivity index is 0.000000523. The minimum Gasteiger partial charge on any atom is -0.300 e. The Morgan fingerprint density at radius 2 is 0.897 bits per heavy atom. The molecule has 0 aliphatic carbocycles. The third-order valence-corrected chi connectivity index (χ3v) is 3.96. The van der Waals surface area contributed by atoms with E-state index in [1.807, 2.05) is 60.7 Å². The van der Waals surface area contributed by atoms with Crippen LogP contribution in [0.25, 0.3) is 0 Å². The van der Waals surface area contributed by atoms with Gasteiger partial charge >= 0.3 is 0 Å². The minimum atomic E-state index is -0.0527. The topological polar surface area (TPSA) is 68.3 Å². The zero-order chi connectivity index (χ0) is 20.8. The standard InChI is InChI=1S/2C12H14O2.Cu/c2*1-10(13)9-12(14)8-7-11-5-3-2-4-6-11;/h2*2-6H,7-9H2,1H3;. The number of rotatable bonds is 10. The Bertz CT molecular complexity index is 702. The van der Waals surface area contributed by atoms with Crippen molar-refractivity contribution in [1.29, 1.82) is 0 Å². The molecule has 159 valence electrons. The van der Waals surface area contributed by atoms with Gasteiger partial charge in [0.05, 0.1) is 12.8 Å². The molecule has 4 nitrogen and oxygen atoms in total. The molecule has 0 N–H and O–H groups in total. The van der Waals surface area contributed by atoms with Crippen LogP contribution in [0.15, 0.2) is 60.7 Å². The van der Waals surface area contributed by atoms with E-state index in [4.69, 9.17) is 0 Å². The van der Waals surface area contributed by atoms with Gasteiger partial charge in [0.2, 0.25) is 0 Å². The fourth-order valence-corrected chi connectivity index (χ4v) is 2.59. The molecule has 5 heteroatoms. The zero-order valence-corrected chi connectivity index (χ0v) is 17.9. The molecule has 0 heterocycles. The summed E-state index contributed by atoms with van der Waals surface area (Å²) in [6, 6.07) is 19.6. The van der Waals surface area contributed by atoms with Gasteiger partial charge < -0.3 is 0 Å². The van der Waals surface area contributed by atoms with Crippen LogP contribution >= 0.6 is 0 Å². The van der Waals surface area contributed by atoms with Crippen LogP contribution in [0.4, 0.5) is 0 Å². The first-order chi connectivity index (χ1) is 13.4. The van der Waals surface area contributed by atoms with Crippen LogP contribution in [0.2, 0.25) is 0 Å². The van der Waals surface area contributed by atoms with Crippen molar-refractivity contribution in [3.63, 3.8) is 0 Å². The molecule has 0 amide bonds. The van der Waals surface area contributed by atoms with E-state index in [1.165, 1.54) is 13.8 Å². The monoisotopic (exact) mass is 443 g/mol. The third-order valence-electron chi connectivity index (χ3n) is 3.96. The van der Waals surface area contributed by atoms with Gasteiger partial charge in [0, 0.05) is 29.9 Å². The molecule has 0 saturated carbocycles. The summed E-state index contributed by atoms with van der Waals surface area (Å²) in [4.78, 5) is 43.7. The molecule has 2 aromatic rings. The smallest absolute Gasteiger partial charge is 0.140 e. The van der Waals surface area contributed by atoms with E-state index in [0.29, 0.717) is 12.8 Å². The molecular weight excluding hydrogens is 416 g/mol. The van der Waals surface area contributed by atoms with Crippen molar-refractivity contribution < 1.29 is 36.2 Å². The predicted octanol–water partition coefficient (Wildman–Crippen LogP) is 4.33. The van der Waals surface area contributed by atoms with Crippen molar-refractivity contribution in [2.45, 2.75) is 52.4 Å². The van der Waals surface area contributed by atoms with Gasteiger partial charge in [0.15, 0.2) is 0 Å². The second kappa shape index (κ2) is 15.5. The Morgan fingerprint density at radius 3 is 1.17 bits per heavy atom. The first-order valence-corrected chi connectivity index (χ1v) is 9.47. The Hall–Kier alpha value is -2.36. The van der Waals surface area contributed by atoms with Crippen molar-refractivity contribution in [3.05, 3.63) is 71.8 Å². The van der Waals surface area contributed by atoms with Crippen LogP contribution in [-0.2, 0) is 49.1 Å². The van der Waals surface area contributed by atoms with Gasteiger partial charge in [-0.2, -0.15) is 0 Å². The van der Waals surface area contributed by atoms with Gasteiger partial charge in [-0.05, 0) is 37.8 Å². The molecule has 2 rings (SSSR count). The van der Waals surface area contributed by atoms with Crippen LogP contribution in [0.5, 0.6) is 0 Å². The molecule has 0 saturated heterocycles. The molecule has 0 spiro atoms. The average Bonchev–Trinajstić information content (AvgIpc) is 2.66. The number of carbonyl (C=O) groups excluding carboxylic acids is 4. The summed E-state index contributed by atoms with van der Waals surface area (Å²) >= 11 is 0. The number of Topliss-reactive ketones (excluding diaryl/α,β-unsaturated/α-hetero) is 4. The number of hydrogen-bond acceptors (Lipinski definition) is 4. The Kier molecular flexibility index (Phi) is 14.3. The van der Waals surface area contributed by atoms with E-state index in [2.05, 4.69) is 0 Å². The van der Waals surface area contributed by atoms with E-state index in [9.17, 15) is 19.2 Å². The number of carbonyl (C=O) groups is 4. The minimum absolute atomic E-state index is 0. The molecule has 1 radical (unpaired) electrons. The maximum absolute atomic E-state index is 11.2. The summed E-state index contributed by atoms with van der Waals surface area (Å²) in [6.45, 7) is 2.89. The van der Waals surface area contributed by atoms with Crippen molar-refractivity contribution in [3.8, 4) is 0 Å². The van der Waals surface area contributed by atoms with E-state index in [-0.39, 0.29) is 53.0 Å². The van der Waals surface area contributed by atoms with Gasteiger partial charge in [-0.15, -0.1) is 0 Å². The van der Waals surface area contributed by atoms with E-state index < -0.39 is 0 Å². The van der Waals surface area contributed by atoms with Crippen LogP contribution in [-0.4, -0.2) is 23.1 Å². The number of aryl methyl sites for hydroxylation is 2. The number of hydrogen-bond donors (Lipinski definition) is 0. The van der Waals surface area contributed by atoms with Crippen LogP contribution in [0, 0.1) is 0 Å². The van der Waals surface area contributed by atoms with Crippen molar-refractivity contribution >= 4 is 23.1 Å². The van der Waals surface area contributed by atoms with E-state index in [1.54, 1.807) is 0 Å². The van der Waals surface area contributed by atoms with Crippen molar-refractivity contribution in [2.75, 3.05) is 0 Å². The summed E-state index contributed by atoms with van der Waals surface area (Å²) < 4.78 is 0. The first-order valence-electron chi connectivity index (χ1n) is 9.47. The molecule has 2 aromatic carbocycles. The number of benzene rings is 2. The summed E-state index contributed by atoms with van der Waals surface area (Å²) in [6.07, 6.45) is 2.53. The summed E-state index contributed by atoms with van der Waals surface area (Å²) in [7, 11) is 0. The summed E-state index contributed by atoms with van der Waals surface area (Å²) in [5.41, 5.74) is 2.29. The molecule has 0 aliphatic heterocycles. The maximum atomic E-state index is 11.2.